The van der Waals surface area contributed by atoms with E-state index in [4.69, 9.17) is 5.26 Å². The molecule has 1 amide bonds. The summed E-state index contributed by atoms with van der Waals surface area (Å²) in [6.45, 7) is 0.418. The summed E-state index contributed by atoms with van der Waals surface area (Å²) in [5, 5.41) is 14.5. The minimum Gasteiger partial charge on any atom is -0.380 e. The van der Waals surface area contributed by atoms with E-state index < -0.39 is 17.3 Å². The number of nitrogens with one attached hydrogen (secondary N) is 2. The first kappa shape index (κ1) is 14.2. The average Bonchev–Trinajstić information content (AvgIpc) is 2.40. The summed E-state index contributed by atoms with van der Waals surface area (Å²) in [5.41, 5.74) is -0.916. The lowest BCUT2D eigenvalue weighted by Gasteiger charge is -2.24. The second-order valence-corrected chi connectivity index (χ2v) is 4.55. The Labute approximate surface area is 113 Å². The van der Waals surface area contributed by atoms with E-state index >= 15 is 0 Å². The van der Waals surface area contributed by atoms with E-state index in [0.29, 0.717) is 25.1 Å². The maximum atomic E-state index is 12.6. The number of halogens is 3. The van der Waals surface area contributed by atoms with E-state index in [9.17, 15) is 18.0 Å². The molecule has 0 aromatic heterocycles. The van der Waals surface area contributed by atoms with Crippen LogP contribution in [0.3, 0.4) is 0 Å². The van der Waals surface area contributed by atoms with Gasteiger partial charge in [-0.1, -0.05) is 0 Å². The monoisotopic (exact) mass is 283 g/mol. The Bertz CT molecular complexity index is 553. The van der Waals surface area contributed by atoms with Crippen LogP contribution in [0.5, 0.6) is 0 Å². The zero-order valence-electron chi connectivity index (χ0n) is 10.4. The van der Waals surface area contributed by atoms with Crippen molar-refractivity contribution in [3.63, 3.8) is 0 Å². The van der Waals surface area contributed by atoms with Gasteiger partial charge in [-0.15, -0.1) is 0 Å². The highest BCUT2D eigenvalue weighted by Crippen LogP contribution is 2.33. The second-order valence-electron chi connectivity index (χ2n) is 4.55. The van der Waals surface area contributed by atoms with Crippen LogP contribution in [-0.2, 0) is 11.0 Å². The van der Waals surface area contributed by atoms with Gasteiger partial charge in [0.05, 0.1) is 17.2 Å². The highest BCUT2D eigenvalue weighted by Gasteiger charge is 2.33. The zero-order chi connectivity index (χ0) is 14.8. The number of carbonyl (C=O) groups is 1. The molecule has 2 N–H and O–H groups in total. The summed E-state index contributed by atoms with van der Waals surface area (Å²) >= 11 is 0. The highest BCUT2D eigenvalue weighted by atomic mass is 19.4. The third kappa shape index (κ3) is 3.20. The molecule has 1 fully saturated rings. The van der Waals surface area contributed by atoms with Gasteiger partial charge in [0.15, 0.2) is 0 Å². The molecule has 1 unspecified atom stereocenters. The zero-order valence-corrected chi connectivity index (χ0v) is 10.4. The molecule has 0 bridgehead atoms. The van der Waals surface area contributed by atoms with Gasteiger partial charge >= 0.3 is 6.18 Å². The lowest BCUT2D eigenvalue weighted by Crippen LogP contribution is -2.41. The van der Waals surface area contributed by atoms with Crippen molar-refractivity contribution in [1.82, 2.24) is 5.32 Å². The maximum Gasteiger partial charge on any atom is 0.417 e. The van der Waals surface area contributed by atoms with Gasteiger partial charge in [0, 0.05) is 24.7 Å². The van der Waals surface area contributed by atoms with Crippen LogP contribution in [0, 0.1) is 11.3 Å². The van der Waals surface area contributed by atoms with E-state index in [1.54, 1.807) is 6.07 Å². The summed E-state index contributed by atoms with van der Waals surface area (Å²) in [7, 11) is 0. The van der Waals surface area contributed by atoms with Gasteiger partial charge < -0.3 is 10.6 Å². The molecule has 7 heteroatoms. The number of piperidine rings is 1. The van der Waals surface area contributed by atoms with Crippen LogP contribution in [0.25, 0.3) is 0 Å². The number of rotatable bonds is 2. The average molecular weight is 283 g/mol. The molecule has 0 saturated carbocycles. The van der Waals surface area contributed by atoms with Crippen LogP contribution in [0.2, 0.25) is 0 Å². The molecule has 2 rings (SSSR count). The number of anilines is 1. The molecule has 1 aliphatic heterocycles. The fourth-order valence-electron chi connectivity index (χ4n) is 2.07. The van der Waals surface area contributed by atoms with Gasteiger partial charge in [0.2, 0.25) is 5.91 Å². The Morgan fingerprint density at radius 1 is 1.40 bits per heavy atom. The van der Waals surface area contributed by atoms with Gasteiger partial charge in [-0.3, -0.25) is 4.79 Å². The lowest BCUT2D eigenvalue weighted by atomic mass is 10.0. The van der Waals surface area contributed by atoms with Crippen LogP contribution in [0.15, 0.2) is 18.2 Å². The predicted molar refractivity (Wildman–Crippen MR) is 65.8 cm³/mol. The third-order valence-electron chi connectivity index (χ3n) is 3.08. The number of hydrogen-bond acceptors (Lipinski definition) is 3. The van der Waals surface area contributed by atoms with E-state index in [2.05, 4.69) is 10.6 Å². The minimum absolute atomic E-state index is 0.0341. The molecule has 1 aliphatic rings. The molecule has 4 nitrogen and oxygen atoms in total. The summed E-state index contributed by atoms with van der Waals surface area (Å²) in [6, 6.07) is 4.87. The maximum absolute atomic E-state index is 12.6. The van der Waals surface area contributed by atoms with Crippen molar-refractivity contribution < 1.29 is 18.0 Å². The molecule has 1 aromatic carbocycles. The molecule has 1 heterocycles. The number of benzene rings is 1. The van der Waals surface area contributed by atoms with Crippen molar-refractivity contribution in [2.75, 3.05) is 11.9 Å². The normalized spacial score (nSPS) is 19.1. The van der Waals surface area contributed by atoms with Crippen molar-refractivity contribution in [3.8, 4) is 6.07 Å². The van der Waals surface area contributed by atoms with E-state index in [-0.39, 0.29) is 11.9 Å². The molecule has 106 valence electrons. The van der Waals surface area contributed by atoms with Crippen molar-refractivity contribution in [1.29, 1.82) is 5.26 Å². The summed E-state index contributed by atoms with van der Waals surface area (Å²) in [5.74, 6) is -0.0341. The van der Waals surface area contributed by atoms with Gasteiger partial charge in [0.1, 0.15) is 0 Å². The van der Waals surface area contributed by atoms with Crippen LogP contribution in [0.1, 0.15) is 24.0 Å². The second kappa shape index (κ2) is 5.41. The largest absolute Gasteiger partial charge is 0.417 e. The Balaban J connectivity index is 2.14. The highest BCUT2D eigenvalue weighted by molar-refractivity contribution is 5.77. The minimum atomic E-state index is -4.54. The molecule has 0 radical (unpaired) electrons. The first-order chi connectivity index (χ1) is 9.40. The van der Waals surface area contributed by atoms with Gasteiger partial charge in [-0.25, -0.2) is 0 Å². The molecule has 1 aromatic rings. The lowest BCUT2D eigenvalue weighted by molar-refractivity contribution is -0.137. The summed E-state index contributed by atoms with van der Waals surface area (Å²) in [4.78, 5) is 11.0. The van der Waals surface area contributed by atoms with E-state index in [0.717, 1.165) is 6.07 Å². The first-order valence-electron chi connectivity index (χ1n) is 6.04. The molecule has 0 aliphatic carbocycles. The summed E-state index contributed by atoms with van der Waals surface area (Å²) < 4.78 is 37.9. The van der Waals surface area contributed by atoms with Gasteiger partial charge in [0.25, 0.3) is 0 Å². The Hall–Kier alpha value is -2.23. The number of alkyl halides is 3. The molecule has 1 atom stereocenters. The van der Waals surface area contributed by atoms with Crippen LogP contribution < -0.4 is 10.6 Å². The van der Waals surface area contributed by atoms with Crippen LogP contribution in [-0.4, -0.2) is 18.5 Å². The standard InChI is InChI=1S/C13H12F3N3O/c14-13(15,16)11-3-1-9(5-8(11)6-17)19-10-2-4-12(20)18-7-10/h1,3,5,10,19H,2,4,7H2,(H,18,20). The molecule has 0 spiro atoms. The number of hydrogen-bond donors (Lipinski definition) is 2. The number of nitrogens with zero attached hydrogens (tertiary/aromatic N) is 1. The Morgan fingerprint density at radius 3 is 2.70 bits per heavy atom. The van der Waals surface area contributed by atoms with Crippen LogP contribution >= 0.6 is 0 Å². The molecular formula is C13H12F3N3O. The number of carbonyl (C=O) groups excluding carboxylic acids is 1. The van der Waals surface area contributed by atoms with Crippen molar-refractivity contribution in [2.24, 2.45) is 0 Å². The van der Waals surface area contributed by atoms with Crippen molar-refractivity contribution >= 4 is 11.6 Å². The molecule has 20 heavy (non-hydrogen) atoms. The van der Waals surface area contributed by atoms with Gasteiger partial charge in [-0.2, -0.15) is 18.4 Å². The van der Waals surface area contributed by atoms with Gasteiger partial charge in [-0.05, 0) is 24.6 Å². The first-order valence-corrected chi connectivity index (χ1v) is 6.04. The number of amides is 1. The molecular weight excluding hydrogens is 271 g/mol. The number of nitriles is 1. The van der Waals surface area contributed by atoms with E-state index in [1.807, 2.05) is 0 Å². The fraction of sp³-hybridized carbons (Fsp3) is 0.385. The predicted octanol–water partition coefficient (Wildman–Crippen LogP) is 2.27. The van der Waals surface area contributed by atoms with Crippen molar-refractivity contribution in [3.05, 3.63) is 29.3 Å². The van der Waals surface area contributed by atoms with Crippen molar-refractivity contribution in [2.45, 2.75) is 25.1 Å². The smallest absolute Gasteiger partial charge is 0.380 e. The van der Waals surface area contributed by atoms with E-state index in [1.165, 1.54) is 12.1 Å². The Kier molecular flexibility index (Phi) is 3.84. The van der Waals surface area contributed by atoms with Crippen LogP contribution in [0.4, 0.5) is 18.9 Å². The molecule has 1 saturated heterocycles. The fourth-order valence-corrected chi connectivity index (χ4v) is 2.07. The topological polar surface area (TPSA) is 64.9 Å². The summed E-state index contributed by atoms with van der Waals surface area (Å²) in [6.07, 6.45) is -3.56. The quantitative estimate of drug-likeness (QED) is 0.875. The SMILES string of the molecule is N#Cc1cc(NC2CCC(=O)NC2)ccc1C(F)(F)F. The third-order valence-corrected chi connectivity index (χ3v) is 3.08. The Morgan fingerprint density at radius 2 is 2.15 bits per heavy atom.